The number of carbonyl (C=O) groups is 1. The van der Waals surface area contributed by atoms with E-state index in [9.17, 15) is 4.79 Å². The summed E-state index contributed by atoms with van der Waals surface area (Å²) in [6.07, 6.45) is 5.41. The van der Waals surface area contributed by atoms with Gasteiger partial charge in [0.1, 0.15) is 0 Å². The van der Waals surface area contributed by atoms with Crippen LogP contribution in [0.4, 0.5) is 4.79 Å². The first-order chi connectivity index (χ1) is 8.83. The average Bonchev–Trinajstić information content (AvgIpc) is 2.41. The first kappa shape index (κ1) is 14.6. The van der Waals surface area contributed by atoms with Crippen LogP contribution in [0.3, 0.4) is 0 Å². The summed E-state index contributed by atoms with van der Waals surface area (Å²) < 4.78 is 0. The van der Waals surface area contributed by atoms with E-state index < -0.39 is 0 Å². The minimum atomic E-state index is -0.0424. The molecule has 0 spiro atoms. The summed E-state index contributed by atoms with van der Waals surface area (Å²) in [5, 5.41) is 5.75. The maximum absolute atomic E-state index is 11.4. The van der Waals surface area contributed by atoms with Crippen LogP contribution in [-0.2, 0) is 6.42 Å². The lowest BCUT2D eigenvalue weighted by Crippen LogP contribution is -2.36. The van der Waals surface area contributed by atoms with E-state index in [0.717, 1.165) is 32.4 Å². The highest BCUT2D eigenvalue weighted by Crippen LogP contribution is 2.01. The fraction of sp³-hybridized carbons (Fsp3) is 0.533. The zero-order chi connectivity index (χ0) is 13.1. The monoisotopic (exact) mass is 248 g/mol. The summed E-state index contributed by atoms with van der Waals surface area (Å²) in [5.41, 5.74) is 1.32. The normalized spacial score (nSPS) is 10.1. The smallest absolute Gasteiger partial charge is 0.314 e. The third-order valence-corrected chi connectivity index (χ3v) is 2.84. The standard InChI is InChI=1S/C15H24N2O/c1-2-3-7-12-16-15(18)17-13-8-11-14-9-5-4-6-10-14/h4-6,9-10H,2-3,7-8,11-13H2,1H3,(H2,16,17,18). The number of amides is 2. The van der Waals surface area contributed by atoms with E-state index in [2.05, 4.69) is 29.7 Å². The predicted octanol–water partition coefficient (Wildman–Crippen LogP) is 3.11. The summed E-state index contributed by atoms with van der Waals surface area (Å²) in [7, 11) is 0. The van der Waals surface area contributed by atoms with Crippen LogP contribution in [0, 0.1) is 0 Å². The van der Waals surface area contributed by atoms with Gasteiger partial charge < -0.3 is 10.6 Å². The zero-order valence-corrected chi connectivity index (χ0v) is 11.2. The Hall–Kier alpha value is -1.51. The lowest BCUT2D eigenvalue weighted by molar-refractivity contribution is 0.240. The maximum atomic E-state index is 11.4. The molecule has 1 aromatic carbocycles. The SMILES string of the molecule is CCCCCNC(=O)NCCCc1ccccc1. The molecule has 0 heterocycles. The van der Waals surface area contributed by atoms with Crippen molar-refractivity contribution >= 4 is 6.03 Å². The molecule has 2 amide bonds. The molecule has 0 bridgehead atoms. The van der Waals surface area contributed by atoms with Gasteiger partial charge in [-0.3, -0.25) is 0 Å². The van der Waals surface area contributed by atoms with Gasteiger partial charge in [-0.1, -0.05) is 50.1 Å². The molecule has 0 aliphatic carbocycles. The number of aryl methyl sites for hydroxylation is 1. The van der Waals surface area contributed by atoms with E-state index in [1.807, 2.05) is 18.2 Å². The number of carbonyl (C=O) groups excluding carboxylic acids is 1. The minimum absolute atomic E-state index is 0.0424. The van der Waals surface area contributed by atoms with Crippen molar-refractivity contribution in [2.45, 2.75) is 39.0 Å². The molecule has 3 heteroatoms. The molecular formula is C15H24N2O. The van der Waals surface area contributed by atoms with E-state index >= 15 is 0 Å². The van der Waals surface area contributed by atoms with Crippen LogP contribution in [0.25, 0.3) is 0 Å². The number of benzene rings is 1. The third kappa shape index (κ3) is 6.94. The Morgan fingerprint density at radius 2 is 1.67 bits per heavy atom. The minimum Gasteiger partial charge on any atom is -0.338 e. The topological polar surface area (TPSA) is 41.1 Å². The number of rotatable bonds is 8. The van der Waals surface area contributed by atoms with Gasteiger partial charge in [0.05, 0.1) is 0 Å². The number of nitrogens with one attached hydrogen (secondary N) is 2. The van der Waals surface area contributed by atoms with Gasteiger partial charge in [-0.15, -0.1) is 0 Å². The second-order valence-corrected chi connectivity index (χ2v) is 4.48. The summed E-state index contributed by atoms with van der Waals surface area (Å²) in [6, 6.07) is 10.3. The first-order valence-electron chi connectivity index (χ1n) is 6.88. The van der Waals surface area contributed by atoms with E-state index in [1.54, 1.807) is 0 Å². The Labute approximate surface area is 110 Å². The number of urea groups is 1. The van der Waals surface area contributed by atoms with Crippen LogP contribution in [-0.4, -0.2) is 19.1 Å². The second-order valence-electron chi connectivity index (χ2n) is 4.48. The van der Waals surface area contributed by atoms with Gasteiger partial charge in [0.25, 0.3) is 0 Å². The molecule has 18 heavy (non-hydrogen) atoms. The van der Waals surface area contributed by atoms with Crippen LogP contribution in [0.5, 0.6) is 0 Å². The second kappa shape index (κ2) is 9.51. The van der Waals surface area contributed by atoms with Gasteiger partial charge in [-0.25, -0.2) is 4.79 Å². The zero-order valence-electron chi connectivity index (χ0n) is 11.2. The van der Waals surface area contributed by atoms with Crippen molar-refractivity contribution < 1.29 is 4.79 Å². The summed E-state index contributed by atoms with van der Waals surface area (Å²) in [4.78, 5) is 11.4. The van der Waals surface area contributed by atoms with Crippen molar-refractivity contribution in [3.63, 3.8) is 0 Å². The van der Waals surface area contributed by atoms with Gasteiger partial charge in [0.15, 0.2) is 0 Å². The van der Waals surface area contributed by atoms with Crippen LogP contribution in [0.1, 0.15) is 38.2 Å². The molecule has 2 N–H and O–H groups in total. The molecule has 0 saturated carbocycles. The lowest BCUT2D eigenvalue weighted by Gasteiger charge is -2.07. The third-order valence-electron chi connectivity index (χ3n) is 2.84. The molecule has 0 fully saturated rings. The molecule has 1 rings (SSSR count). The largest absolute Gasteiger partial charge is 0.338 e. The number of hydrogen-bond donors (Lipinski definition) is 2. The van der Waals surface area contributed by atoms with Gasteiger partial charge >= 0.3 is 6.03 Å². The Morgan fingerprint density at radius 3 is 2.33 bits per heavy atom. The molecule has 0 atom stereocenters. The van der Waals surface area contributed by atoms with Gasteiger partial charge in [0, 0.05) is 13.1 Å². The summed E-state index contributed by atoms with van der Waals surface area (Å²) >= 11 is 0. The van der Waals surface area contributed by atoms with Crippen molar-refractivity contribution in [2.24, 2.45) is 0 Å². The summed E-state index contributed by atoms with van der Waals surface area (Å²) in [5.74, 6) is 0. The van der Waals surface area contributed by atoms with E-state index in [4.69, 9.17) is 0 Å². The van der Waals surface area contributed by atoms with Gasteiger partial charge in [0.2, 0.25) is 0 Å². The molecule has 0 aliphatic rings. The lowest BCUT2D eigenvalue weighted by atomic mass is 10.1. The fourth-order valence-electron chi connectivity index (χ4n) is 1.78. The van der Waals surface area contributed by atoms with E-state index in [1.165, 1.54) is 18.4 Å². The Bertz CT molecular complexity index is 325. The average molecular weight is 248 g/mol. The molecular weight excluding hydrogens is 224 g/mol. The van der Waals surface area contributed by atoms with Crippen molar-refractivity contribution in [1.82, 2.24) is 10.6 Å². The van der Waals surface area contributed by atoms with Crippen LogP contribution in [0.15, 0.2) is 30.3 Å². The maximum Gasteiger partial charge on any atom is 0.314 e. The first-order valence-corrected chi connectivity index (χ1v) is 6.88. The van der Waals surface area contributed by atoms with E-state index in [0.29, 0.717) is 0 Å². The Kier molecular flexibility index (Phi) is 7.69. The van der Waals surface area contributed by atoms with Gasteiger partial charge in [-0.2, -0.15) is 0 Å². The number of unbranched alkanes of at least 4 members (excludes halogenated alkanes) is 2. The molecule has 0 saturated heterocycles. The molecule has 0 aromatic heterocycles. The highest BCUT2D eigenvalue weighted by Gasteiger charge is 1.98. The van der Waals surface area contributed by atoms with Crippen LogP contribution < -0.4 is 10.6 Å². The Balaban J connectivity index is 1.99. The van der Waals surface area contributed by atoms with Crippen molar-refractivity contribution in [3.8, 4) is 0 Å². The van der Waals surface area contributed by atoms with Crippen molar-refractivity contribution in [1.29, 1.82) is 0 Å². The van der Waals surface area contributed by atoms with E-state index in [-0.39, 0.29) is 6.03 Å². The molecule has 1 aromatic rings. The van der Waals surface area contributed by atoms with Crippen LogP contribution >= 0.6 is 0 Å². The molecule has 0 radical (unpaired) electrons. The summed E-state index contributed by atoms with van der Waals surface area (Å²) in [6.45, 7) is 3.66. The molecule has 100 valence electrons. The fourth-order valence-corrected chi connectivity index (χ4v) is 1.78. The van der Waals surface area contributed by atoms with Crippen molar-refractivity contribution in [3.05, 3.63) is 35.9 Å². The Morgan fingerprint density at radius 1 is 1.00 bits per heavy atom. The quantitative estimate of drug-likeness (QED) is 0.682. The number of hydrogen-bond acceptors (Lipinski definition) is 1. The van der Waals surface area contributed by atoms with Crippen molar-refractivity contribution in [2.75, 3.05) is 13.1 Å². The molecule has 0 aliphatic heterocycles. The highest BCUT2D eigenvalue weighted by atomic mass is 16.2. The highest BCUT2D eigenvalue weighted by molar-refractivity contribution is 5.73. The van der Waals surface area contributed by atoms with Gasteiger partial charge in [-0.05, 0) is 24.8 Å². The predicted molar refractivity (Wildman–Crippen MR) is 75.7 cm³/mol. The molecule has 3 nitrogen and oxygen atoms in total. The molecule has 0 unspecified atom stereocenters. The van der Waals surface area contributed by atoms with Crippen LogP contribution in [0.2, 0.25) is 0 Å².